The maximum Gasteiger partial charge on any atom is 0.320 e. The zero-order chi connectivity index (χ0) is 28.1. The number of carboxylic acid groups (broad SMARTS) is 1. The van der Waals surface area contributed by atoms with E-state index in [1.807, 2.05) is 6.92 Å². The Kier molecular flexibility index (Phi) is 13.2. The van der Waals surface area contributed by atoms with E-state index < -0.39 is 12.0 Å². The van der Waals surface area contributed by atoms with Gasteiger partial charge in [0.15, 0.2) is 0 Å². The van der Waals surface area contributed by atoms with Crippen LogP contribution in [0.2, 0.25) is 0 Å². The van der Waals surface area contributed by atoms with Crippen molar-refractivity contribution in [3.63, 3.8) is 0 Å². The van der Waals surface area contributed by atoms with E-state index in [1.165, 1.54) is 0 Å². The molecular formula is C26H54N4O6. The third-order valence-electron chi connectivity index (χ3n) is 9.35. The van der Waals surface area contributed by atoms with Crippen molar-refractivity contribution in [3.8, 4) is 0 Å². The lowest BCUT2D eigenvalue weighted by Gasteiger charge is -2.54. The highest BCUT2D eigenvalue weighted by Crippen LogP contribution is 2.30. The molecule has 0 radical (unpaired) electrons. The summed E-state index contributed by atoms with van der Waals surface area (Å²) in [5.74, 6) is -0.840. The molecule has 1 saturated heterocycles. The summed E-state index contributed by atoms with van der Waals surface area (Å²) in [6.45, 7) is 23.5. The van der Waals surface area contributed by atoms with Crippen molar-refractivity contribution < 1.29 is 30.2 Å². The molecule has 0 aliphatic carbocycles. The molecule has 1 aliphatic heterocycles. The van der Waals surface area contributed by atoms with Crippen LogP contribution >= 0.6 is 0 Å². The highest BCUT2D eigenvalue weighted by Gasteiger charge is 2.44. The predicted molar refractivity (Wildman–Crippen MR) is 142 cm³/mol. The van der Waals surface area contributed by atoms with Crippen molar-refractivity contribution in [1.29, 1.82) is 0 Å². The normalized spacial score (nSPS) is 37.6. The van der Waals surface area contributed by atoms with E-state index in [4.69, 9.17) is 0 Å². The molecule has 0 aromatic rings. The van der Waals surface area contributed by atoms with Gasteiger partial charge in [-0.1, -0.05) is 0 Å². The molecule has 0 spiro atoms. The second kappa shape index (κ2) is 14.3. The van der Waals surface area contributed by atoms with Gasteiger partial charge in [-0.2, -0.15) is 0 Å². The SMILES string of the molecule is CC1C(C)N(C(C)COO)C(C)C(C)N(C(C)COO)C(C)C(C)N(C(C)C(=O)O)C(C)C(C)N1C. The zero-order valence-corrected chi connectivity index (χ0v) is 24.6. The first-order valence-corrected chi connectivity index (χ1v) is 13.4. The van der Waals surface area contributed by atoms with Crippen LogP contribution in [0.3, 0.4) is 0 Å². The summed E-state index contributed by atoms with van der Waals surface area (Å²) in [4.78, 5) is 30.6. The third-order valence-corrected chi connectivity index (χ3v) is 9.35. The van der Waals surface area contributed by atoms with Gasteiger partial charge in [-0.15, -0.1) is 0 Å². The number of nitrogens with zero attached hydrogens (tertiary/aromatic N) is 4. The standard InChI is InChI=1S/C26H54N4O6/c1-15(13-35-33)28-19(5)17(3)27(12)18(4)20(6)30(25(11)26(31)32)24(10)23(9)29(16(2)14-36-34)22(8)21(28)7/h15-25,33-34H,13-14H2,1-12H3,(H,31,32). The molecule has 0 amide bonds. The molecule has 1 fully saturated rings. The molecule has 0 aromatic carbocycles. The van der Waals surface area contributed by atoms with Gasteiger partial charge >= 0.3 is 5.97 Å². The Morgan fingerprint density at radius 3 is 1.22 bits per heavy atom. The van der Waals surface area contributed by atoms with E-state index in [2.05, 4.69) is 98.7 Å². The lowest BCUT2D eigenvalue weighted by Crippen LogP contribution is -2.68. The molecule has 1 aliphatic rings. The highest BCUT2D eigenvalue weighted by molar-refractivity contribution is 5.73. The van der Waals surface area contributed by atoms with Gasteiger partial charge in [-0.25, -0.2) is 9.78 Å². The van der Waals surface area contributed by atoms with E-state index in [1.54, 1.807) is 6.92 Å². The lowest BCUT2D eigenvalue weighted by molar-refractivity contribution is -0.257. The Morgan fingerprint density at radius 1 is 0.639 bits per heavy atom. The van der Waals surface area contributed by atoms with Crippen molar-refractivity contribution in [2.24, 2.45) is 0 Å². The fourth-order valence-corrected chi connectivity index (χ4v) is 6.49. The molecule has 0 saturated carbocycles. The summed E-state index contributed by atoms with van der Waals surface area (Å²) in [6, 6.07) is -0.638. The largest absolute Gasteiger partial charge is 0.480 e. The van der Waals surface area contributed by atoms with Crippen LogP contribution in [0.5, 0.6) is 0 Å². The molecule has 214 valence electrons. The fraction of sp³-hybridized carbons (Fsp3) is 0.962. The number of hydrogen-bond donors (Lipinski definition) is 3. The van der Waals surface area contributed by atoms with Crippen molar-refractivity contribution in [2.75, 3.05) is 20.3 Å². The minimum absolute atomic E-state index is 0.0165. The quantitative estimate of drug-likeness (QED) is 0.327. The second-order valence-corrected chi connectivity index (χ2v) is 11.2. The van der Waals surface area contributed by atoms with E-state index in [-0.39, 0.29) is 73.6 Å². The molecule has 10 nitrogen and oxygen atoms in total. The summed E-state index contributed by atoms with van der Waals surface area (Å²) in [7, 11) is 2.11. The van der Waals surface area contributed by atoms with Crippen LogP contribution in [0.15, 0.2) is 0 Å². The fourth-order valence-electron chi connectivity index (χ4n) is 6.49. The minimum atomic E-state index is -0.840. The van der Waals surface area contributed by atoms with E-state index in [0.29, 0.717) is 0 Å². The molecule has 36 heavy (non-hydrogen) atoms. The van der Waals surface area contributed by atoms with Gasteiger partial charge in [-0.05, 0) is 83.2 Å². The first kappa shape index (κ1) is 33.2. The highest BCUT2D eigenvalue weighted by atomic mass is 17.1. The molecule has 1 rings (SSSR count). The van der Waals surface area contributed by atoms with Gasteiger partial charge in [0.2, 0.25) is 0 Å². The van der Waals surface area contributed by atoms with Gasteiger partial charge in [0, 0.05) is 60.4 Å². The summed E-state index contributed by atoms with van der Waals surface area (Å²) >= 11 is 0. The maximum absolute atomic E-state index is 12.2. The van der Waals surface area contributed by atoms with Crippen LogP contribution in [0.1, 0.15) is 76.2 Å². The molecule has 11 atom stereocenters. The number of aliphatic carboxylic acids is 1. The third kappa shape index (κ3) is 7.17. The molecular weight excluding hydrogens is 464 g/mol. The minimum Gasteiger partial charge on any atom is -0.480 e. The lowest BCUT2D eigenvalue weighted by atomic mass is 9.92. The predicted octanol–water partition coefficient (Wildman–Crippen LogP) is 3.18. The number of carbonyl (C=O) groups is 1. The second-order valence-electron chi connectivity index (χ2n) is 11.2. The molecule has 0 aromatic heterocycles. The van der Waals surface area contributed by atoms with Crippen molar-refractivity contribution in [1.82, 2.24) is 19.6 Å². The van der Waals surface area contributed by atoms with Crippen LogP contribution < -0.4 is 0 Å². The van der Waals surface area contributed by atoms with Crippen molar-refractivity contribution in [3.05, 3.63) is 0 Å². The van der Waals surface area contributed by atoms with Crippen molar-refractivity contribution in [2.45, 2.75) is 143 Å². The molecule has 11 unspecified atom stereocenters. The van der Waals surface area contributed by atoms with Gasteiger partial charge in [-0.3, -0.25) is 34.9 Å². The van der Waals surface area contributed by atoms with Crippen LogP contribution in [0, 0.1) is 0 Å². The van der Waals surface area contributed by atoms with Crippen LogP contribution in [-0.4, -0.2) is 128 Å². The van der Waals surface area contributed by atoms with Gasteiger partial charge in [0.05, 0.1) is 13.2 Å². The Hall–Kier alpha value is -0.850. The van der Waals surface area contributed by atoms with E-state index in [0.717, 1.165) is 0 Å². The number of rotatable bonds is 8. The van der Waals surface area contributed by atoms with Crippen LogP contribution in [-0.2, 0) is 14.6 Å². The Bertz CT molecular complexity index is 672. The summed E-state index contributed by atoms with van der Waals surface area (Å²) in [6.07, 6.45) is 0. The summed E-state index contributed by atoms with van der Waals surface area (Å²) in [5.41, 5.74) is 0. The number of hydrogen-bond acceptors (Lipinski definition) is 9. The van der Waals surface area contributed by atoms with Crippen molar-refractivity contribution >= 4 is 5.97 Å². The maximum atomic E-state index is 12.2. The number of likely N-dealkylation sites (N-methyl/N-ethyl adjacent to an activating group) is 1. The zero-order valence-electron chi connectivity index (χ0n) is 24.6. The Morgan fingerprint density at radius 2 is 0.917 bits per heavy atom. The topological polar surface area (TPSA) is 109 Å². The van der Waals surface area contributed by atoms with Crippen LogP contribution in [0.4, 0.5) is 0 Å². The smallest absolute Gasteiger partial charge is 0.320 e. The summed E-state index contributed by atoms with van der Waals surface area (Å²) in [5, 5.41) is 28.6. The van der Waals surface area contributed by atoms with Gasteiger partial charge < -0.3 is 5.11 Å². The monoisotopic (exact) mass is 518 g/mol. The molecule has 10 heteroatoms. The van der Waals surface area contributed by atoms with E-state index in [9.17, 15) is 20.4 Å². The molecule has 0 bridgehead atoms. The molecule has 3 N–H and O–H groups in total. The Labute approximate surface area is 219 Å². The van der Waals surface area contributed by atoms with Gasteiger partial charge in [0.1, 0.15) is 6.04 Å². The van der Waals surface area contributed by atoms with Crippen LogP contribution in [0.25, 0.3) is 0 Å². The average molecular weight is 519 g/mol. The first-order valence-electron chi connectivity index (χ1n) is 13.4. The number of carboxylic acids is 1. The first-order chi connectivity index (χ1) is 16.6. The molecule has 1 heterocycles. The van der Waals surface area contributed by atoms with Gasteiger partial charge in [0.25, 0.3) is 0 Å². The van der Waals surface area contributed by atoms with E-state index >= 15 is 0 Å². The Balaban J connectivity index is 3.77. The average Bonchev–Trinajstić information content (AvgIpc) is 2.81. The summed E-state index contributed by atoms with van der Waals surface area (Å²) < 4.78 is 0.